The molecule has 1 amide bonds. The van der Waals surface area contributed by atoms with Gasteiger partial charge in [0, 0.05) is 17.5 Å². The van der Waals surface area contributed by atoms with Gasteiger partial charge in [0.2, 0.25) is 0 Å². The molecule has 22 heavy (non-hydrogen) atoms. The topological polar surface area (TPSA) is 66.0 Å². The van der Waals surface area contributed by atoms with Crippen LogP contribution in [-0.4, -0.2) is 12.5 Å². The van der Waals surface area contributed by atoms with Gasteiger partial charge in [0.25, 0.3) is 5.91 Å². The normalized spacial score (nSPS) is 10.3. The molecule has 4 nitrogen and oxygen atoms in total. The van der Waals surface area contributed by atoms with Crippen molar-refractivity contribution in [3.8, 4) is 6.07 Å². The Hall–Kier alpha value is -3.06. The number of para-hydroxylation sites is 1. The molecule has 0 aliphatic carbocycles. The van der Waals surface area contributed by atoms with E-state index in [9.17, 15) is 4.79 Å². The zero-order valence-corrected chi connectivity index (χ0v) is 11.9. The van der Waals surface area contributed by atoms with Gasteiger partial charge < -0.3 is 9.73 Å². The van der Waals surface area contributed by atoms with E-state index < -0.39 is 0 Å². The second-order valence-corrected chi connectivity index (χ2v) is 4.96. The fraction of sp³-hybridized carbons (Fsp3) is 0.111. The summed E-state index contributed by atoms with van der Waals surface area (Å²) in [5.41, 5.74) is 2.90. The zero-order chi connectivity index (χ0) is 15.4. The smallest absolute Gasteiger partial charge is 0.251 e. The van der Waals surface area contributed by atoms with Crippen LogP contribution in [-0.2, 0) is 6.42 Å². The Balaban J connectivity index is 1.63. The predicted molar refractivity (Wildman–Crippen MR) is 83.4 cm³/mol. The quantitative estimate of drug-likeness (QED) is 0.802. The molecule has 0 aliphatic rings. The van der Waals surface area contributed by atoms with Gasteiger partial charge in [-0.25, -0.2) is 0 Å². The van der Waals surface area contributed by atoms with Crippen molar-refractivity contribution < 1.29 is 9.21 Å². The van der Waals surface area contributed by atoms with Crippen LogP contribution in [0.4, 0.5) is 0 Å². The first kappa shape index (κ1) is 13.9. The van der Waals surface area contributed by atoms with Gasteiger partial charge >= 0.3 is 0 Å². The number of hydrogen-bond donors (Lipinski definition) is 1. The molecule has 0 saturated heterocycles. The second-order valence-electron chi connectivity index (χ2n) is 4.96. The van der Waals surface area contributed by atoms with E-state index in [0.29, 0.717) is 24.1 Å². The molecule has 0 bridgehead atoms. The Morgan fingerprint density at radius 1 is 1.18 bits per heavy atom. The molecule has 0 fully saturated rings. The van der Waals surface area contributed by atoms with Gasteiger partial charge in [-0.15, -0.1) is 0 Å². The number of fused-ring (bicyclic) bond motifs is 1. The monoisotopic (exact) mass is 290 g/mol. The van der Waals surface area contributed by atoms with Crippen molar-refractivity contribution in [2.45, 2.75) is 6.42 Å². The number of nitriles is 1. The summed E-state index contributed by atoms with van der Waals surface area (Å²) in [6, 6.07) is 16.5. The third kappa shape index (κ3) is 2.84. The molecular weight excluding hydrogens is 276 g/mol. The lowest BCUT2D eigenvalue weighted by molar-refractivity contribution is 0.0954. The third-order valence-corrected chi connectivity index (χ3v) is 3.49. The Morgan fingerprint density at radius 2 is 2.05 bits per heavy atom. The summed E-state index contributed by atoms with van der Waals surface area (Å²) in [6.07, 6.45) is 2.42. The molecule has 0 spiro atoms. The number of carbonyl (C=O) groups is 1. The number of rotatable bonds is 4. The second kappa shape index (κ2) is 6.15. The van der Waals surface area contributed by atoms with E-state index in [1.54, 1.807) is 30.5 Å². The van der Waals surface area contributed by atoms with Gasteiger partial charge in [0.1, 0.15) is 5.58 Å². The molecule has 3 rings (SSSR count). The Kier molecular flexibility index (Phi) is 3.88. The number of hydrogen-bond acceptors (Lipinski definition) is 3. The summed E-state index contributed by atoms with van der Waals surface area (Å²) in [7, 11) is 0. The van der Waals surface area contributed by atoms with Crippen LogP contribution >= 0.6 is 0 Å². The fourth-order valence-electron chi connectivity index (χ4n) is 2.37. The number of nitrogens with zero attached hydrogens (tertiary/aromatic N) is 1. The van der Waals surface area contributed by atoms with Crippen molar-refractivity contribution in [1.82, 2.24) is 5.32 Å². The average molecular weight is 290 g/mol. The van der Waals surface area contributed by atoms with Crippen LogP contribution < -0.4 is 5.32 Å². The number of furan rings is 1. The van der Waals surface area contributed by atoms with E-state index in [2.05, 4.69) is 5.32 Å². The first-order valence-corrected chi connectivity index (χ1v) is 7.01. The average Bonchev–Trinajstić information content (AvgIpc) is 2.98. The molecule has 0 aliphatic heterocycles. The minimum atomic E-state index is -0.176. The Labute approximate surface area is 128 Å². The van der Waals surface area contributed by atoms with Crippen molar-refractivity contribution in [3.63, 3.8) is 0 Å². The number of benzene rings is 2. The highest BCUT2D eigenvalue weighted by molar-refractivity contribution is 5.94. The largest absolute Gasteiger partial charge is 0.464 e. The van der Waals surface area contributed by atoms with E-state index in [-0.39, 0.29) is 5.91 Å². The van der Waals surface area contributed by atoms with Crippen LogP contribution in [0.2, 0.25) is 0 Å². The first-order chi connectivity index (χ1) is 10.8. The van der Waals surface area contributed by atoms with Crippen LogP contribution in [0.5, 0.6) is 0 Å². The highest BCUT2D eigenvalue weighted by Crippen LogP contribution is 2.20. The summed E-state index contributed by atoms with van der Waals surface area (Å²) in [4.78, 5) is 12.1. The highest BCUT2D eigenvalue weighted by Gasteiger charge is 2.08. The van der Waals surface area contributed by atoms with Crippen LogP contribution in [0.3, 0.4) is 0 Å². The summed E-state index contributed by atoms with van der Waals surface area (Å²) in [5.74, 6) is -0.176. The summed E-state index contributed by atoms with van der Waals surface area (Å²) in [5, 5.41) is 12.8. The number of amides is 1. The van der Waals surface area contributed by atoms with Crippen molar-refractivity contribution in [2.24, 2.45) is 0 Å². The molecule has 108 valence electrons. The van der Waals surface area contributed by atoms with Gasteiger partial charge in [0.15, 0.2) is 0 Å². The van der Waals surface area contributed by atoms with E-state index in [1.807, 2.05) is 30.3 Å². The molecule has 3 aromatic rings. The molecule has 0 saturated carbocycles. The standard InChI is InChI=1S/C18H14N2O2/c19-11-13-4-3-5-14(10-13)18(21)20-9-8-15-12-22-17-7-2-1-6-16(15)17/h1-7,10,12H,8-9H2,(H,20,21). The zero-order valence-electron chi connectivity index (χ0n) is 11.9. The summed E-state index contributed by atoms with van der Waals surface area (Å²) >= 11 is 0. The molecule has 1 aromatic heterocycles. The summed E-state index contributed by atoms with van der Waals surface area (Å²) in [6.45, 7) is 0.513. The molecule has 4 heteroatoms. The Morgan fingerprint density at radius 3 is 2.91 bits per heavy atom. The van der Waals surface area contributed by atoms with E-state index in [4.69, 9.17) is 9.68 Å². The van der Waals surface area contributed by atoms with Crippen LogP contribution in [0.1, 0.15) is 21.5 Å². The van der Waals surface area contributed by atoms with Crippen molar-refractivity contribution in [3.05, 3.63) is 71.5 Å². The van der Waals surface area contributed by atoms with Crippen LogP contribution in [0, 0.1) is 11.3 Å². The SMILES string of the molecule is N#Cc1cccc(C(=O)NCCc2coc3ccccc23)c1. The molecule has 0 atom stereocenters. The van der Waals surface area contributed by atoms with Crippen LogP contribution in [0.25, 0.3) is 11.0 Å². The molecule has 1 heterocycles. The van der Waals surface area contributed by atoms with Gasteiger partial charge in [-0.3, -0.25) is 4.79 Å². The van der Waals surface area contributed by atoms with Gasteiger partial charge in [-0.2, -0.15) is 5.26 Å². The van der Waals surface area contributed by atoms with Gasteiger partial charge in [0.05, 0.1) is 17.9 Å². The van der Waals surface area contributed by atoms with Crippen molar-refractivity contribution >= 4 is 16.9 Å². The lowest BCUT2D eigenvalue weighted by Crippen LogP contribution is -2.25. The molecule has 0 radical (unpaired) electrons. The lowest BCUT2D eigenvalue weighted by Gasteiger charge is -2.04. The van der Waals surface area contributed by atoms with Crippen molar-refractivity contribution in [2.75, 3.05) is 6.54 Å². The van der Waals surface area contributed by atoms with E-state index >= 15 is 0 Å². The molecule has 1 N–H and O–H groups in total. The maximum absolute atomic E-state index is 12.1. The number of carbonyl (C=O) groups excluding carboxylic acids is 1. The third-order valence-electron chi connectivity index (χ3n) is 3.49. The first-order valence-electron chi connectivity index (χ1n) is 7.01. The van der Waals surface area contributed by atoms with E-state index in [1.165, 1.54) is 0 Å². The number of nitrogens with one attached hydrogen (secondary N) is 1. The molecule has 0 unspecified atom stereocenters. The summed E-state index contributed by atoms with van der Waals surface area (Å²) < 4.78 is 5.47. The fourth-order valence-corrected chi connectivity index (χ4v) is 2.37. The minimum Gasteiger partial charge on any atom is -0.464 e. The Bertz CT molecular complexity index is 859. The highest BCUT2D eigenvalue weighted by atomic mass is 16.3. The predicted octanol–water partition coefficient (Wildman–Crippen LogP) is 3.28. The van der Waals surface area contributed by atoms with Gasteiger partial charge in [-0.1, -0.05) is 24.3 Å². The molecule has 2 aromatic carbocycles. The lowest BCUT2D eigenvalue weighted by atomic mass is 10.1. The van der Waals surface area contributed by atoms with Gasteiger partial charge in [-0.05, 0) is 36.2 Å². The minimum absolute atomic E-state index is 0.176. The maximum Gasteiger partial charge on any atom is 0.251 e. The molecular formula is C18H14N2O2. The maximum atomic E-state index is 12.1. The van der Waals surface area contributed by atoms with Crippen LogP contribution in [0.15, 0.2) is 59.2 Å². The van der Waals surface area contributed by atoms with Crippen molar-refractivity contribution in [1.29, 1.82) is 5.26 Å². The van der Waals surface area contributed by atoms with E-state index in [0.717, 1.165) is 16.5 Å².